The molecule has 0 atom stereocenters. The molecule has 0 saturated carbocycles. The van der Waals surface area contributed by atoms with E-state index in [0.717, 1.165) is 18.4 Å². The highest BCUT2D eigenvalue weighted by molar-refractivity contribution is 9.10. The molecule has 1 aliphatic heterocycles. The summed E-state index contributed by atoms with van der Waals surface area (Å²) in [5.74, 6) is 0.372. The fourth-order valence-corrected chi connectivity index (χ4v) is 5.00. The molecular formula is C14H19BrClNO2S. The lowest BCUT2D eigenvalue weighted by Crippen LogP contribution is -2.41. The van der Waals surface area contributed by atoms with Crippen LogP contribution in [0.15, 0.2) is 27.6 Å². The fourth-order valence-electron chi connectivity index (χ4n) is 2.31. The molecule has 0 amide bonds. The highest BCUT2D eigenvalue weighted by Gasteiger charge is 2.33. The van der Waals surface area contributed by atoms with Crippen molar-refractivity contribution in [1.82, 2.24) is 4.31 Å². The molecule has 1 fully saturated rings. The maximum atomic E-state index is 12.7. The molecule has 0 radical (unpaired) electrons. The number of hydrogen-bond acceptors (Lipinski definition) is 2. The number of nitrogens with zero attached hydrogens (tertiary/aromatic N) is 1. The Morgan fingerprint density at radius 1 is 1.30 bits per heavy atom. The average Bonchev–Trinajstić information content (AvgIpc) is 2.37. The van der Waals surface area contributed by atoms with Crippen molar-refractivity contribution in [2.45, 2.75) is 37.5 Å². The Hall–Kier alpha value is -0.100. The number of piperidine rings is 1. The van der Waals surface area contributed by atoms with Gasteiger partial charge < -0.3 is 0 Å². The third-order valence-corrected chi connectivity index (χ3v) is 7.03. The fraction of sp³-hybridized carbons (Fsp3) is 0.571. The first-order valence-electron chi connectivity index (χ1n) is 6.61. The number of hydrogen-bond donors (Lipinski definition) is 0. The molecule has 2 rings (SSSR count). The van der Waals surface area contributed by atoms with Gasteiger partial charge in [-0.2, -0.15) is 4.31 Å². The van der Waals surface area contributed by atoms with Crippen molar-refractivity contribution in [3.8, 4) is 0 Å². The van der Waals surface area contributed by atoms with Crippen LogP contribution in [-0.4, -0.2) is 25.8 Å². The molecule has 6 heteroatoms. The van der Waals surface area contributed by atoms with E-state index in [0.29, 0.717) is 28.3 Å². The van der Waals surface area contributed by atoms with Gasteiger partial charge in [-0.05, 0) is 51.9 Å². The van der Waals surface area contributed by atoms with Crippen LogP contribution < -0.4 is 0 Å². The molecule has 0 unspecified atom stereocenters. The third-order valence-electron chi connectivity index (χ3n) is 3.84. The third kappa shape index (κ3) is 3.38. The summed E-state index contributed by atoms with van der Waals surface area (Å²) in [6.45, 7) is 5.53. The normalized spacial score (nSPS) is 20.0. The molecular weight excluding hydrogens is 362 g/mol. The Bertz CT molecular complexity index is 591. The van der Waals surface area contributed by atoms with Crippen molar-refractivity contribution in [3.05, 3.63) is 28.2 Å². The van der Waals surface area contributed by atoms with Gasteiger partial charge in [0.15, 0.2) is 0 Å². The Labute approximate surface area is 134 Å². The summed E-state index contributed by atoms with van der Waals surface area (Å²) in [6.07, 6.45) is 1.78. The lowest BCUT2D eigenvalue weighted by atomic mass is 9.83. The average molecular weight is 381 g/mol. The number of alkyl halides is 1. The number of sulfonamides is 1. The molecule has 0 N–H and O–H groups in total. The quantitative estimate of drug-likeness (QED) is 0.743. The number of rotatable bonds is 3. The molecule has 1 heterocycles. The molecule has 1 aliphatic rings. The van der Waals surface area contributed by atoms with E-state index in [1.165, 1.54) is 0 Å². The Kier molecular flexibility index (Phi) is 4.84. The lowest BCUT2D eigenvalue weighted by molar-refractivity contribution is 0.196. The van der Waals surface area contributed by atoms with E-state index in [2.05, 4.69) is 29.8 Å². The Morgan fingerprint density at radius 3 is 2.40 bits per heavy atom. The first-order chi connectivity index (χ1) is 9.26. The van der Waals surface area contributed by atoms with E-state index in [1.54, 1.807) is 22.5 Å². The summed E-state index contributed by atoms with van der Waals surface area (Å²) >= 11 is 9.11. The summed E-state index contributed by atoms with van der Waals surface area (Å²) in [6, 6.07) is 5.17. The van der Waals surface area contributed by atoms with Gasteiger partial charge in [0.2, 0.25) is 10.0 Å². The second-order valence-electron chi connectivity index (χ2n) is 5.97. The number of halogens is 2. The van der Waals surface area contributed by atoms with Crippen LogP contribution in [0.2, 0.25) is 0 Å². The van der Waals surface area contributed by atoms with Gasteiger partial charge in [-0.25, -0.2) is 8.42 Å². The largest absolute Gasteiger partial charge is 0.244 e. The SMILES string of the molecule is CC1(C)CCN(S(=O)(=O)c2ccc(CCl)cc2Br)CC1. The van der Waals surface area contributed by atoms with Crippen molar-refractivity contribution < 1.29 is 8.42 Å². The maximum Gasteiger partial charge on any atom is 0.244 e. The lowest BCUT2D eigenvalue weighted by Gasteiger charge is -2.36. The summed E-state index contributed by atoms with van der Waals surface area (Å²) in [5, 5.41) is 0. The highest BCUT2D eigenvalue weighted by Crippen LogP contribution is 2.34. The van der Waals surface area contributed by atoms with E-state index in [1.807, 2.05) is 0 Å². The minimum Gasteiger partial charge on any atom is -0.207 e. The highest BCUT2D eigenvalue weighted by atomic mass is 79.9. The van der Waals surface area contributed by atoms with Gasteiger partial charge in [0.25, 0.3) is 0 Å². The number of benzene rings is 1. The summed E-state index contributed by atoms with van der Waals surface area (Å²) < 4.78 is 27.5. The van der Waals surface area contributed by atoms with E-state index in [9.17, 15) is 8.42 Å². The summed E-state index contributed by atoms with van der Waals surface area (Å²) in [5.41, 5.74) is 1.13. The molecule has 1 saturated heterocycles. The van der Waals surface area contributed by atoms with Crippen LogP contribution in [-0.2, 0) is 15.9 Å². The zero-order valence-corrected chi connectivity index (χ0v) is 14.9. The minimum atomic E-state index is -3.42. The van der Waals surface area contributed by atoms with Crippen molar-refractivity contribution in [2.75, 3.05) is 13.1 Å². The van der Waals surface area contributed by atoms with Crippen molar-refractivity contribution in [3.63, 3.8) is 0 Å². The van der Waals surface area contributed by atoms with E-state index < -0.39 is 10.0 Å². The van der Waals surface area contributed by atoms with Crippen molar-refractivity contribution >= 4 is 37.6 Å². The zero-order valence-electron chi connectivity index (χ0n) is 11.7. The predicted molar refractivity (Wildman–Crippen MR) is 85.5 cm³/mol. The smallest absolute Gasteiger partial charge is 0.207 e. The zero-order chi connectivity index (χ0) is 15.0. The van der Waals surface area contributed by atoms with Crippen LogP contribution in [0.3, 0.4) is 0 Å². The predicted octanol–water partition coefficient (Wildman–Crippen LogP) is 4.00. The molecule has 0 spiro atoms. The minimum absolute atomic E-state index is 0.228. The first kappa shape index (κ1) is 16.3. The van der Waals surface area contributed by atoms with Crippen LogP contribution in [0.4, 0.5) is 0 Å². The molecule has 0 aliphatic carbocycles. The second kappa shape index (κ2) is 5.95. The van der Waals surface area contributed by atoms with E-state index in [4.69, 9.17) is 11.6 Å². The summed E-state index contributed by atoms with van der Waals surface area (Å²) in [4.78, 5) is 0.325. The molecule has 1 aromatic carbocycles. The van der Waals surface area contributed by atoms with Crippen LogP contribution in [0.1, 0.15) is 32.3 Å². The van der Waals surface area contributed by atoms with Gasteiger partial charge in [-0.3, -0.25) is 0 Å². The van der Waals surface area contributed by atoms with Gasteiger partial charge in [0, 0.05) is 23.4 Å². The maximum absolute atomic E-state index is 12.7. The first-order valence-corrected chi connectivity index (χ1v) is 9.38. The molecule has 0 aromatic heterocycles. The summed E-state index contributed by atoms with van der Waals surface area (Å²) in [7, 11) is -3.42. The van der Waals surface area contributed by atoms with Gasteiger partial charge in [-0.15, -0.1) is 11.6 Å². The molecule has 112 valence electrons. The monoisotopic (exact) mass is 379 g/mol. The van der Waals surface area contributed by atoms with Gasteiger partial charge in [-0.1, -0.05) is 19.9 Å². The van der Waals surface area contributed by atoms with Crippen LogP contribution in [0.25, 0.3) is 0 Å². The Morgan fingerprint density at radius 2 is 1.90 bits per heavy atom. The van der Waals surface area contributed by atoms with Crippen molar-refractivity contribution in [1.29, 1.82) is 0 Å². The van der Waals surface area contributed by atoms with Crippen LogP contribution in [0.5, 0.6) is 0 Å². The van der Waals surface area contributed by atoms with Gasteiger partial charge >= 0.3 is 0 Å². The topological polar surface area (TPSA) is 37.4 Å². The molecule has 0 bridgehead atoms. The van der Waals surface area contributed by atoms with E-state index >= 15 is 0 Å². The van der Waals surface area contributed by atoms with E-state index in [-0.39, 0.29) is 5.41 Å². The standard InChI is InChI=1S/C14H19BrClNO2S/c1-14(2)5-7-17(8-6-14)20(18,19)13-4-3-11(10-16)9-12(13)15/h3-4,9H,5-8,10H2,1-2H3. The van der Waals surface area contributed by atoms with Crippen LogP contribution in [0, 0.1) is 5.41 Å². The second-order valence-corrected chi connectivity index (χ2v) is 8.99. The van der Waals surface area contributed by atoms with Crippen molar-refractivity contribution in [2.24, 2.45) is 5.41 Å². The van der Waals surface area contributed by atoms with Gasteiger partial charge in [0.05, 0.1) is 4.90 Å². The molecule has 3 nitrogen and oxygen atoms in total. The molecule has 1 aromatic rings. The van der Waals surface area contributed by atoms with Crippen LogP contribution >= 0.6 is 27.5 Å². The molecule has 20 heavy (non-hydrogen) atoms. The van der Waals surface area contributed by atoms with Gasteiger partial charge in [0.1, 0.15) is 0 Å². The Balaban J connectivity index is 2.27.